The van der Waals surface area contributed by atoms with Gasteiger partial charge in [0.1, 0.15) is 41.4 Å². The molecule has 0 saturated heterocycles. The van der Waals surface area contributed by atoms with E-state index in [0.29, 0.717) is 19.4 Å². The highest BCUT2D eigenvalue weighted by Crippen LogP contribution is 2.38. The standard InChI is InChI=1S/C20H28ClF3N4O4/c1-10(26-19(25)29)8-30-11-3-5-12(6-4-11)32-20-27-17-13(22)7-14(31-9-15(23)24)16(21)18(17)28(20)2/h7,10-12,15-16,18H,3-6,8-9H2,1-2H3,(H3,25,26,29)/t10-,11-,12-,16?,18?/m0/s1. The minimum atomic E-state index is -2.69. The molecular weight excluding hydrogens is 453 g/mol. The molecule has 2 aliphatic carbocycles. The Morgan fingerprint density at radius 3 is 2.59 bits per heavy atom. The van der Waals surface area contributed by atoms with Crippen LogP contribution in [0.1, 0.15) is 32.6 Å². The number of primary amides is 1. The average Bonchev–Trinajstić information content (AvgIpc) is 3.05. The summed E-state index contributed by atoms with van der Waals surface area (Å²) < 4.78 is 56.3. The molecule has 1 aliphatic heterocycles. The Morgan fingerprint density at radius 1 is 1.31 bits per heavy atom. The van der Waals surface area contributed by atoms with Crippen molar-refractivity contribution in [1.82, 2.24) is 10.2 Å². The summed E-state index contributed by atoms with van der Waals surface area (Å²) in [6, 6.07) is -1.24. The number of allylic oxidation sites excluding steroid dienone is 2. The fourth-order valence-electron chi connectivity index (χ4n) is 3.93. The number of hydrogen-bond acceptors (Lipinski definition) is 6. The molecule has 0 aromatic heterocycles. The number of urea groups is 1. The zero-order chi connectivity index (χ0) is 23.4. The van der Waals surface area contributed by atoms with Gasteiger partial charge in [-0.2, -0.15) is 4.99 Å². The Labute approximate surface area is 189 Å². The first kappa shape index (κ1) is 24.5. The van der Waals surface area contributed by atoms with Crippen molar-refractivity contribution < 1.29 is 32.2 Å². The normalized spacial score (nSPS) is 28.8. The lowest BCUT2D eigenvalue weighted by Gasteiger charge is -2.33. The average molecular weight is 481 g/mol. The molecule has 3 N–H and O–H groups in total. The van der Waals surface area contributed by atoms with E-state index < -0.39 is 36.3 Å². The van der Waals surface area contributed by atoms with Crippen molar-refractivity contribution in [3.05, 3.63) is 23.4 Å². The number of aliphatic imine (C=N–C) groups is 1. The zero-order valence-corrected chi connectivity index (χ0v) is 18.7. The molecule has 0 aromatic rings. The number of hydrogen-bond donors (Lipinski definition) is 2. The number of nitrogens with one attached hydrogen (secondary N) is 1. The predicted octanol–water partition coefficient (Wildman–Crippen LogP) is 3.03. The molecule has 0 radical (unpaired) electrons. The molecule has 3 atom stereocenters. The molecule has 12 heteroatoms. The van der Waals surface area contributed by atoms with Gasteiger partial charge in [-0.25, -0.2) is 18.0 Å². The van der Waals surface area contributed by atoms with Crippen molar-refractivity contribution in [3.8, 4) is 0 Å². The maximum absolute atomic E-state index is 14.5. The zero-order valence-electron chi connectivity index (χ0n) is 17.9. The molecule has 3 aliphatic rings. The van der Waals surface area contributed by atoms with E-state index in [4.69, 9.17) is 31.5 Å². The van der Waals surface area contributed by atoms with E-state index in [2.05, 4.69) is 10.3 Å². The molecular formula is C20H28ClF3N4O4. The highest BCUT2D eigenvalue weighted by molar-refractivity contribution is 6.23. The minimum absolute atomic E-state index is 0.0453. The highest BCUT2D eigenvalue weighted by atomic mass is 35.5. The van der Waals surface area contributed by atoms with Gasteiger partial charge in [0.25, 0.3) is 12.4 Å². The van der Waals surface area contributed by atoms with Crippen LogP contribution >= 0.6 is 11.6 Å². The first-order valence-electron chi connectivity index (χ1n) is 10.5. The lowest BCUT2D eigenvalue weighted by Crippen LogP contribution is -2.43. The fraction of sp³-hybridized carbons (Fsp3) is 0.700. The first-order valence-corrected chi connectivity index (χ1v) is 10.9. The monoisotopic (exact) mass is 480 g/mol. The van der Waals surface area contributed by atoms with Crippen LogP contribution < -0.4 is 11.1 Å². The summed E-state index contributed by atoms with van der Waals surface area (Å²) in [6.45, 7) is 1.31. The number of carbonyl (C=O) groups is 1. The largest absolute Gasteiger partial charge is 0.490 e. The number of nitrogens with zero attached hydrogens (tertiary/aromatic N) is 2. The molecule has 3 rings (SSSR count). The van der Waals surface area contributed by atoms with Crippen molar-refractivity contribution in [2.24, 2.45) is 10.7 Å². The Morgan fingerprint density at radius 2 is 1.97 bits per heavy atom. The van der Waals surface area contributed by atoms with Gasteiger partial charge in [0.15, 0.2) is 0 Å². The number of amidine groups is 1. The Hall–Kier alpha value is -2.14. The van der Waals surface area contributed by atoms with Crippen molar-refractivity contribution in [2.75, 3.05) is 20.3 Å². The van der Waals surface area contributed by atoms with Gasteiger partial charge >= 0.3 is 6.03 Å². The predicted molar refractivity (Wildman–Crippen MR) is 112 cm³/mol. The smallest absolute Gasteiger partial charge is 0.312 e. The molecule has 0 spiro atoms. The topological polar surface area (TPSA) is 98.4 Å². The van der Waals surface area contributed by atoms with Crippen LogP contribution in [0.5, 0.6) is 0 Å². The Kier molecular flexibility index (Phi) is 8.16. The van der Waals surface area contributed by atoms with Gasteiger partial charge in [-0.15, -0.1) is 11.6 Å². The SMILES string of the molecule is C[C@@H](CO[C@H]1CC[C@H](OC2=NC3=C(F)C=C(OCC(F)F)C(Cl)C3N2C)CC1)NC(N)=O. The quantitative estimate of drug-likeness (QED) is 0.520. The molecule has 1 heterocycles. The number of rotatable bonds is 8. The van der Waals surface area contributed by atoms with Crippen LogP contribution in [-0.4, -0.2) is 73.3 Å². The molecule has 0 bridgehead atoms. The number of carbonyl (C=O) groups excluding carboxylic acids is 1. The molecule has 180 valence electrons. The van der Waals surface area contributed by atoms with Gasteiger partial charge in [-0.3, -0.25) is 0 Å². The van der Waals surface area contributed by atoms with E-state index in [-0.39, 0.29) is 35.7 Å². The van der Waals surface area contributed by atoms with Crippen LogP contribution in [0.2, 0.25) is 0 Å². The van der Waals surface area contributed by atoms with Crippen LogP contribution in [-0.2, 0) is 14.2 Å². The number of nitrogens with two attached hydrogens (primary N) is 1. The molecule has 2 unspecified atom stereocenters. The second kappa shape index (κ2) is 10.7. The van der Waals surface area contributed by atoms with Gasteiger partial charge in [0.2, 0.25) is 0 Å². The van der Waals surface area contributed by atoms with Gasteiger partial charge in [0, 0.05) is 13.1 Å². The number of halogens is 4. The third kappa shape index (κ3) is 6.00. The van der Waals surface area contributed by atoms with E-state index in [1.54, 1.807) is 11.9 Å². The lowest BCUT2D eigenvalue weighted by molar-refractivity contribution is -0.00873. The van der Waals surface area contributed by atoms with Gasteiger partial charge in [-0.1, -0.05) is 0 Å². The number of ether oxygens (including phenoxy) is 3. The number of amides is 2. The summed E-state index contributed by atoms with van der Waals surface area (Å²) in [7, 11) is 1.66. The van der Waals surface area contributed by atoms with Gasteiger partial charge in [-0.05, 0) is 32.6 Å². The van der Waals surface area contributed by atoms with Crippen molar-refractivity contribution in [1.29, 1.82) is 0 Å². The summed E-state index contributed by atoms with van der Waals surface area (Å²) in [5.41, 5.74) is 5.19. The maximum atomic E-state index is 14.5. The highest BCUT2D eigenvalue weighted by Gasteiger charge is 2.44. The number of alkyl halides is 3. The van der Waals surface area contributed by atoms with Crippen molar-refractivity contribution >= 4 is 23.7 Å². The summed E-state index contributed by atoms with van der Waals surface area (Å²) in [5.74, 6) is -0.739. The van der Waals surface area contributed by atoms with Gasteiger partial charge < -0.3 is 30.2 Å². The van der Waals surface area contributed by atoms with Crippen LogP contribution in [0.25, 0.3) is 0 Å². The van der Waals surface area contributed by atoms with Crippen LogP contribution in [0.4, 0.5) is 18.0 Å². The summed E-state index contributed by atoms with van der Waals surface area (Å²) >= 11 is 6.39. The molecule has 8 nitrogen and oxygen atoms in total. The van der Waals surface area contributed by atoms with Crippen LogP contribution in [0.3, 0.4) is 0 Å². The van der Waals surface area contributed by atoms with Gasteiger partial charge in [0.05, 0.1) is 18.8 Å². The summed E-state index contributed by atoms with van der Waals surface area (Å²) in [5, 5.41) is 1.69. The number of fused-ring (bicyclic) bond motifs is 1. The Bertz CT molecular complexity index is 787. The molecule has 32 heavy (non-hydrogen) atoms. The third-order valence-electron chi connectivity index (χ3n) is 5.52. The second-order valence-corrected chi connectivity index (χ2v) is 8.56. The molecule has 1 fully saturated rings. The van der Waals surface area contributed by atoms with Crippen LogP contribution in [0.15, 0.2) is 28.4 Å². The van der Waals surface area contributed by atoms with E-state index in [1.807, 2.05) is 6.92 Å². The van der Waals surface area contributed by atoms with E-state index in [0.717, 1.165) is 18.9 Å². The molecule has 2 amide bonds. The van der Waals surface area contributed by atoms with E-state index in [1.165, 1.54) is 0 Å². The lowest BCUT2D eigenvalue weighted by atomic mass is 9.95. The van der Waals surface area contributed by atoms with Crippen molar-refractivity contribution in [2.45, 2.75) is 68.7 Å². The fourth-order valence-corrected chi connectivity index (χ4v) is 4.35. The molecule has 0 aromatic carbocycles. The Balaban J connectivity index is 1.52. The van der Waals surface area contributed by atoms with Crippen LogP contribution in [0, 0.1) is 0 Å². The maximum Gasteiger partial charge on any atom is 0.312 e. The van der Waals surface area contributed by atoms with Crippen molar-refractivity contribution in [3.63, 3.8) is 0 Å². The summed E-state index contributed by atoms with van der Waals surface area (Å²) in [6.07, 6.45) is 1.18. The second-order valence-electron chi connectivity index (χ2n) is 8.09. The number of likely N-dealkylation sites (N-methyl/N-ethyl adjacent to an activating group) is 1. The summed E-state index contributed by atoms with van der Waals surface area (Å²) in [4.78, 5) is 16.7. The van der Waals surface area contributed by atoms with E-state index in [9.17, 15) is 18.0 Å². The first-order chi connectivity index (χ1) is 15.2. The molecule has 1 saturated carbocycles. The third-order valence-corrected chi connectivity index (χ3v) is 5.97. The minimum Gasteiger partial charge on any atom is -0.490 e. The van der Waals surface area contributed by atoms with E-state index >= 15 is 0 Å².